The van der Waals surface area contributed by atoms with E-state index >= 15 is 0 Å². The van der Waals surface area contributed by atoms with Crippen molar-refractivity contribution in [2.24, 2.45) is 7.05 Å². The molecule has 0 aliphatic carbocycles. The highest BCUT2D eigenvalue weighted by molar-refractivity contribution is 6.35. The van der Waals surface area contributed by atoms with E-state index in [0.29, 0.717) is 35.4 Å². The molecule has 0 bridgehead atoms. The Morgan fingerprint density at radius 2 is 2.04 bits per heavy atom. The van der Waals surface area contributed by atoms with Crippen LogP contribution in [0, 0.1) is 13.8 Å². The summed E-state index contributed by atoms with van der Waals surface area (Å²) in [6, 6.07) is 1.62. The van der Waals surface area contributed by atoms with Crippen molar-refractivity contribution in [3.63, 3.8) is 0 Å². The Balaban J connectivity index is 1.79. The minimum Gasteiger partial charge on any atom is -0.367 e. The summed E-state index contributed by atoms with van der Waals surface area (Å²) in [6.45, 7) is 4.85. The van der Waals surface area contributed by atoms with Crippen LogP contribution in [0.2, 0.25) is 10.0 Å². The quantitative estimate of drug-likeness (QED) is 0.781. The lowest BCUT2D eigenvalue weighted by molar-refractivity contribution is -0.120. The minimum absolute atomic E-state index is 0.0406. The Hall–Kier alpha value is -1.79. The van der Waals surface area contributed by atoms with Gasteiger partial charge >= 0.3 is 0 Å². The molecule has 23 heavy (non-hydrogen) atoms. The number of anilines is 1. The van der Waals surface area contributed by atoms with Crippen molar-refractivity contribution >= 4 is 34.9 Å². The Labute approximate surface area is 145 Å². The van der Waals surface area contributed by atoms with Gasteiger partial charge < -0.3 is 10.6 Å². The highest BCUT2D eigenvalue weighted by atomic mass is 35.5. The third kappa shape index (κ3) is 4.59. The summed E-state index contributed by atoms with van der Waals surface area (Å²) < 4.78 is 1.79. The zero-order chi connectivity index (χ0) is 17.0. The molecule has 0 aliphatic heterocycles. The maximum absolute atomic E-state index is 12.0. The highest BCUT2D eigenvalue weighted by Crippen LogP contribution is 2.22. The van der Waals surface area contributed by atoms with Gasteiger partial charge in [-0.15, -0.1) is 0 Å². The molecule has 0 saturated carbocycles. The van der Waals surface area contributed by atoms with E-state index in [2.05, 4.69) is 20.7 Å². The number of aromatic nitrogens is 3. The van der Waals surface area contributed by atoms with Crippen LogP contribution >= 0.6 is 23.2 Å². The molecule has 2 aromatic rings. The predicted octanol–water partition coefficient (Wildman–Crippen LogP) is 2.51. The van der Waals surface area contributed by atoms with E-state index in [1.165, 1.54) is 6.20 Å². The number of carbonyl (C=O) groups is 1. The van der Waals surface area contributed by atoms with Gasteiger partial charge in [0, 0.05) is 37.6 Å². The fourth-order valence-corrected chi connectivity index (χ4v) is 2.67. The molecule has 1 amide bonds. The molecule has 0 aromatic carbocycles. The number of aryl methyl sites for hydroxylation is 2. The van der Waals surface area contributed by atoms with Crippen molar-refractivity contribution < 1.29 is 4.79 Å². The minimum atomic E-state index is -0.0406. The number of hydrogen-bond donors (Lipinski definition) is 2. The van der Waals surface area contributed by atoms with E-state index in [-0.39, 0.29) is 5.91 Å². The number of pyridine rings is 1. The molecular weight excluding hydrogens is 337 g/mol. The molecule has 2 rings (SSSR count). The molecule has 0 spiro atoms. The average molecular weight is 356 g/mol. The van der Waals surface area contributed by atoms with Gasteiger partial charge in [-0.3, -0.25) is 9.48 Å². The van der Waals surface area contributed by atoms with Crippen molar-refractivity contribution in [2.45, 2.75) is 20.3 Å². The Bertz CT molecular complexity index is 714. The zero-order valence-corrected chi connectivity index (χ0v) is 14.8. The summed E-state index contributed by atoms with van der Waals surface area (Å²) in [5, 5.41) is 11.2. The summed E-state index contributed by atoms with van der Waals surface area (Å²) in [6.07, 6.45) is 1.84. The third-order valence-corrected chi connectivity index (χ3v) is 4.04. The number of halogens is 2. The average Bonchev–Trinajstić information content (AvgIpc) is 2.72. The molecule has 0 saturated heterocycles. The number of nitrogens with one attached hydrogen (secondary N) is 2. The van der Waals surface area contributed by atoms with Crippen molar-refractivity contribution in [3.05, 3.63) is 39.3 Å². The summed E-state index contributed by atoms with van der Waals surface area (Å²) in [5.41, 5.74) is 2.86. The second kappa shape index (κ2) is 7.66. The van der Waals surface area contributed by atoms with Crippen LogP contribution in [0.1, 0.15) is 17.0 Å². The molecule has 2 heterocycles. The predicted molar refractivity (Wildman–Crippen MR) is 92.1 cm³/mol. The molecular formula is C15H19Cl2N5O. The normalized spacial score (nSPS) is 10.7. The Kier molecular flexibility index (Phi) is 5.85. The van der Waals surface area contributed by atoms with Gasteiger partial charge in [0.05, 0.1) is 22.2 Å². The van der Waals surface area contributed by atoms with E-state index in [9.17, 15) is 4.79 Å². The Morgan fingerprint density at radius 3 is 2.65 bits per heavy atom. The maximum atomic E-state index is 12.0. The van der Waals surface area contributed by atoms with Crippen LogP contribution in [0.5, 0.6) is 0 Å². The van der Waals surface area contributed by atoms with Gasteiger partial charge in [-0.1, -0.05) is 23.2 Å². The molecule has 8 heteroatoms. The number of nitrogens with zero attached hydrogens (tertiary/aromatic N) is 3. The van der Waals surface area contributed by atoms with Gasteiger partial charge in [0.2, 0.25) is 5.91 Å². The topological polar surface area (TPSA) is 71.8 Å². The molecule has 0 unspecified atom stereocenters. The first-order chi connectivity index (χ1) is 10.9. The molecule has 0 aliphatic rings. The molecule has 6 nitrogen and oxygen atoms in total. The highest BCUT2D eigenvalue weighted by Gasteiger charge is 2.13. The summed E-state index contributed by atoms with van der Waals surface area (Å²) in [5.74, 6) is 0.505. The monoisotopic (exact) mass is 355 g/mol. The standard InChI is InChI=1S/C15H19Cl2N5O/c1-9-12(10(2)22(3)21-9)7-14(23)18-4-5-19-15-13(17)6-11(16)8-20-15/h6,8H,4-5,7H2,1-3H3,(H,18,23)(H,19,20). The van der Waals surface area contributed by atoms with Crippen LogP contribution in [-0.2, 0) is 18.3 Å². The lowest BCUT2D eigenvalue weighted by atomic mass is 10.1. The summed E-state index contributed by atoms with van der Waals surface area (Å²) in [4.78, 5) is 16.1. The third-order valence-electron chi connectivity index (χ3n) is 3.54. The molecule has 124 valence electrons. The molecule has 0 radical (unpaired) electrons. The van der Waals surface area contributed by atoms with Crippen molar-refractivity contribution in [1.29, 1.82) is 0 Å². The van der Waals surface area contributed by atoms with E-state index in [0.717, 1.165) is 17.0 Å². The van der Waals surface area contributed by atoms with Gasteiger partial charge in [0.15, 0.2) is 0 Å². The fourth-order valence-electron chi connectivity index (χ4n) is 2.22. The summed E-state index contributed by atoms with van der Waals surface area (Å²) in [7, 11) is 1.87. The van der Waals surface area contributed by atoms with E-state index < -0.39 is 0 Å². The first-order valence-electron chi connectivity index (χ1n) is 7.19. The lowest BCUT2D eigenvalue weighted by Crippen LogP contribution is -2.30. The molecule has 2 N–H and O–H groups in total. The van der Waals surface area contributed by atoms with Crippen LogP contribution in [-0.4, -0.2) is 33.8 Å². The first-order valence-corrected chi connectivity index (χ1v) is 7.94. The van der Waals surface area contributed by atoms with Crippen LogP contribution in [0.25, 0.3) is 0 Å². The second-order valence-electron chi connectivity index (χ2n) is 5.21. The van der Waals surface area contributed by atoms with Gasteiger partial charge in [-0.25, -0.2) is 4.98 Å². The smallest absolute Gasteiger partial charge is 0.224 e. The zero-order valence-electron chi connectivity index (χ0n) is 13.3. The van der Waals surface area contributed by atoms with Crippen LogP contribution in [0.15, 0.2) is 12.3 Å². The van der Waals surface area contributed by atoms with E-state index in [1.807, 2.05) is 20.9 Å². The van der Waals surface area contributed by atoms with Crippen molar-refractivity contribution in [2.75, 3.05) is 18.4 Å². The number of amides is 1. The lowest BCUT2D eigenvalue weighted by Gasteiger charge is -2.09. The molecule has 0 fully saturated rings. The number of rotatable bonds is 6. The summed E-state index contributed by atoms with van der Waals surface area (Å²) >= 11 is 11.8. The van der Waals surface area contributed by atoms with Crippen LogP contribution in [0.4, 0.5) is 5.82 Å². The first kappa shape index (κ1) is 17.6. The van der Waals surface area contributed by atoms with Gasteiger partial charge in [0.25, 0.3) is 0 Å². The van der Waals surface area contributed by atoms with Crippen LogP contribution < -0.4 is 10.6 Å². The fraction of sp³-hybridized carbons (Fsp3) is 0.400. The van der Waals surface area contributed by atoms with Crippen LogP contribution in [0.3, 0.4) is 0 Å². The molecule has 0 atom stereocenters. The maximum Gasteiger partial charge on any atom is 0.224 e. The van der Waals surface area contributed by atoms with Gasteiger partial charge in [-0.2, -0.15) is 5.10 Å². The second-order valence-corrected chi connectivity index (χ2v) is 6.05. The van der Waals surface area contributed by atoms with Crippen molar-refractivity contribution in [1.82, 2.24) is 20.1 Å². The van der Waals surface area contributed by atoms with Gasteiger partial charge in [-0.05, 0) is 19.9 Å². The number of carbonyl (C=O) groups excluding carboxylic acids is 1. The Morgan fingerprint density at radius 1 is 1.30 bits per heavy atom. The van der Waals surface area contributed by atoms with E-state index in [4.69, 9.17) is 23.2 Å². The largest absolute Gasteiger partial charge is 0.367 e. The SMILES string of the molecule is Cc1nn(C)c(C)c1CC(=O)NCCNc1ncc(Cl)cc1Cl. The molecule has 2 aromatic heterocycles. The van der Waals surface area contributed by atoms with Gasteiger partial charge in [0.1, 0.15) is 5.82 Å². The number of hydrogen-bond acceptors (Lipinski definition) is 4. The van der Waals surface area contributed by atoms with E-state index in [1.54, 1.807) is 10.7 Å². The van der Waals surface area contributed by atoms with Crippen molar-refractivity contribution in [3.8, 4) is 0 Å².